The fraction of sp³-hybridized carbons (Fsp3) is 0. The Morgan fingerprint density at radius 1 is 0.895 bits per heavy atom. The summed E-state index contributed by atoms with van der Waals surface area (Å²) in [4.78, 5) is 0. The third kappa shape index (κ3) is 2.62. The summed E-state index contributed by atoms with van der Waals surface area (Å²) in [7, 11) is 0. The van der Waals surface area contributed by atoms with Gasteiger partial charge in [0.25, 0.3) is 0 Å². The molecule has 19 heavy (non-hydrogen) atoms. The fourth-order valence-corrected chi connectivity index (χ4v) is 2.50. The Hall–Kier alpha value is -1.46. The van der Waals surface area contributed by atoms with E-state index in [1.807, 2.05) is 54.7 Å². The topological polar surface area (TPSA) is 30.7 Å². The van der Waals surface area contributed by atoms with E-state index < -0.39 is 0 Å². The fourth-order valence-electron chi connectivity index (χ4n) is 1.77. The lowest BCUT2D eigenvalue weighted by atomic mass is 10.2. The third-order valence-corrected chi connectivity index (χ3v) is 3.93. The predicted molar refractivity (Wildman–Crippen MR) is 82.2 cm³/mol. The van der Waals surface area contributed by atoms with Gasteiger partial charge >= 0.3 is 0 Å². The van der Waals surface area contributed by atoms with Gasteiger partial charge < -0.3 is 0 Å². The van der Waals surface area contributed by atoms with E-state index in [1.54, 1.807) is 4.68 Å². The Morgan fingerprint density at radius 3 is 2.37 bits per heavy atom. The Balaban J connectivity index is 2.00. The number of halogens is 2. The zero-order chi connectivity index (χ0) is 13.2. The van der Waals surface area contributed by atoms with Gasteiger partial charge in [-0.25, -0.2) is 4.68 Å². The van der Waals surface area contributed by atoms with Crippen LogP contribution in [0.1, 0.15) is 0 Å². The van der Waals surface area contributed by atoms with Crippen LogP contribution in [0.2, 0.25) is 0 Å². The van der Waals surface area contributed by atoms with E-state index >= 15 is 0 Å². The highest BCUT2D eigenvalue weighted by Gasteiger charge is 2.07. The number of para-hydroxylation sites is 1. The second-order valence-electron chi connectivity index (χ2n) is 4.01. The first-order valence-electron chi connectivity index (χ1n) is 5.67. The van der Waals surface area contributed by atoms with Gasteiger partial charge in [0.1, 0.15) is 5.69 Å². The number of hydrogen-bond donors (Lipinski definition) is 0. The summed E-state index contributed by atoms with van der Waals surface area (Å²) >= 11 is 6.94. The van der Waals surface area contributed by atoms with Gasteiger partial charge in [0.15, 0.2) is 0 Å². The van der Waals surface area contributed by atoms with Crippen molar-refractivity contribution in [1.29, 1.82) is 0 Å². The number of nitrogens with zero attached hydrogens (tertiary/aromatic N) is 3. The second-order valence-corrected chi connectivity index (χ2v) is 5.78. The summed E-state index contributed by atoms with van der Waals surface area (Å²) in [6.45, 7) is 0. The average molecular weight is 379 g/mol. The number of aromatic nitrogens is 3. The minimum absolute atomic E-state index is 0.850. The van der Waals surface area contributed by atoms with Gasteiger partial charge in [-0.3, -0.25) is 0 Å². The van der Waals surface area contributed by atoms with E-state index in [-0.39, 0.29) is 0 Å². The van der Waals surface area contributed by atoms with Crippen LogP contribution >= 0.6 is 31.9 Å². The van der Waals surface area contributed by atoms with Crippen LogP contribution in [-0.4, -0.2) is 15.0 Å². The Morgan fingerprint density at radius 2 is 1.63 bits per heavy atom. The molecule has 0 spiro atoms. The van der Waals surface area contributed by atoms with Crippen molar-refractivity contribution in [2.45, 2.75) is 0 Å². The van der Waals surface area contributed by atoms with Crippen LogP contribution in [0.4, 0.5) is 0 Å². The first-order chi connectivity index (χ1) is 9.24. The van der Waals surface area contributed by atoms with Gasteiger partial charge in [0.2, 0.25) is 0 Å². The molecule has 0 atom stereocenters. The third-order valence-electron chi connectivity index (χ3n) is 2.73. The maximum absolute atomic E-state index is 4.21. The normalized spacial score (nSPS) is 10.6. The summed E-state index contributed by atoms with van der Waals surface area (Å²) in [5, 5.41) is 8.38. The van der Waals surface area contributed by atoms with E-state index in [2.05, 4.69) is 42.2 Å². The Labute approximate surface area is 127 Å². The molecule has 3 nitrogen and oxygen atoms in total. The second kappa shape index (κ2) is 5.27. The van der Waals surface area contributed by atoms with Crippen LogP contribution in [0, 0.1) is 0 Å². The zero-order valence-corrected chi connectivity index (χ0v) is 13.0. The summed E-state index contributed by atoms with van der Waals surface area (Å²) in [6.07, 6.45) is 1.92. The molecule has 0 bridgehead atoms. The van der Waals surface area contributed by atoms with Gasteiger partial charge in [-0.2, -0.15) is 0 Å². The molecule has 94 valence electrons. The molecule has 0 unspecified atom stereocenters. The highest BCUT2D eigenvalue weighted by molar-refractivity contribution is 9.10. The molecule has 0 N–H and O–H groups in total. The summed E-state index contributed by atoms with van der Waals surface area (Å²) in [5.74, 6) is 0. The molecule has 2 aromatic carbocycles. The van der Waals surface area contributed by atoms with Crippen molar-refractivity contribution in [2.75, 3.05) is 0 Å². The molecule has 0 aliphatic heterocycles. The molecule has 0 aliphatic rings. The van der Waals surface area contributed by atoms with Crippen molar-refractivity contribution in [1.82, 2.24) is 15.0 Å². The van der Waals surface area contributed by atoms with Crippen molar-refractivity contribution in [3.8, 4) is 16.9 Å². The summed E-state index contributed by atoms with van der Waals surface area (Å²) < 4.78 is 3.80. The largest absolute Gasteiger partial charge is 0.219 e. The van der Waals surface area contributed by atoms with E-state index in [0.717, 1.165) is 25.9 Å². The van der Waals surface area contributed by atoms with Crippen LogP contribution in [0.25, 0.3) is 16.9 Å². The molecule has 0 saturated heterocycles. The first-order valence-corrected chi connectivity index (χ1v) is 7.26. The van der Waals surface area contributed by atoms with E-state index in [9.17, 15) is 0 Å². The number of hydrogen-bond acceptors (Lipinski definition) is 2. The highest BCUT2D eigenvalue weighted by atomic mass is 79.9. The number of benzene rings is 2. The van der Waals surface area contributed by atoms with Gasteiger partial charge in [-0.15, -0.1) is 5.10 Å². The maximum Gasteiger partial charge on any atom is 0.113 e. The Kier molecular flexibility index (Phi) is 3.48. The summed E-state index contributed by atoms with van der Waals surface area (Å²) in [5.41, 5.74) is 2.86. The quantitative estimate of drug-likeness (QED) is 0.659. The lowest BCUT2D eigenvalue weighted by molar-refractivity contribution is 0.801. The van der Waals surface area contributed by atoms with Crippen molar-refractivity contribution in [3.05, 3.63) is 63.7 Å². The Bertz CT molecular complexity index is 705. The van der Waals surface area contributed by atoms with Gasteiger partial charge in [0, 0.05) is 14.5 Å². The van der Waals surface area contributed by atoms with Crippen LogP contribution < -0.4 is 0 Å². The van der Waals surface area contributed by atoms with Crippen LogP contribution in [-0.2, 0) is 0 Å². The molecule has 1 aromatic heterocycles. The molecule has 1 heterocycles. The monoisotopic (exact) mass is 377 g/mol. The maximum atomic E-state index is 4.21. The van der Waals surface area contributed by atoms with Crippen molar-refractivity contribution < 1.29 is 0 Å². The minimum Gasteiger partial charge on any atom is -0.219 e. The van der Waals surface area contributed by atoms with Crippen molar-refractivity contribution >= 4 is 31.9 Å². The minimum atomic E-state index is 0.850. The lowest BCUT2D eigenvalue weighted by Gasteiger charge is -2.01. The SMILES string of the molecule is Brc1ccc(-c2cn(-c3ccccc3Br)nn2)cc1. The van der Waals surface area contributed by atoms with E-state index in [4.69, 9.17) is 0 Å². The summed E-state index contributed by atoms with van der Waals surface area (Å²) in [6, 6.07) is 15.9. The van der Waals surface area contributed by atoms with Gasteiger partial charge in [0.05, 0.1) is 11.9 Å². The molecule has 0 aliphatic carbocycles. The molecule has 0 amide bonds. The predicted octanol–water partition coefficient (Wildman–Crippen LogP) is 4.46. The van der Waals surface area contributed by atoms with Gasteiger partial charge in [-0.05, 0) is 40.2 Å². The van der Waals surface area contributed by atoms with E-state index in [1.165, 1.54) is 0 Å². The van der Waals surface area contributed by atoms with Gasteiger partial charge in [-0.1, -0.05) is 45.4 Å². The lowest BCUT2D eigenvalue weighted by Crippen LogP contribution is -1.95. The molecule has 0 radical (unpaired) electrons. The average Bonchev–Trinajstić information content (AvgIpc) is 2.89. The van der Waals surface area contributed by atoms with Crippen LogP contribution in [0.15, 0.2) is 63.7 Å². The molecule has 5 heteroatoms. The van der Waals surface area contributed by atoms with Crippen molar-refractivity contribution in [2.24, 2.45) is 0 Å². The molecule has 3 rings (SSSR count). The molecule has 0 fully saturated rings. The first kappa shape index (κ1) is 12.6. The highest BCUT2D eigenvalue weighted by Crippen LogP contribution is 2.23. The van der Waals surface area contributed by atoms with E-state index in [0.29, 0.717) is 0 Å². The van der Waals surface area contributed by atoms with Crippen LogP contribution in [0.3, 0.4) is 0 Å². The number of rotatable bonds is 2. The molecule has 0 saturated carbocycles. The zero-order valence-electron chi connectivity index (χ0n) is 9.79. The molecular weight excluding hydrogens is 370 g/mol. The standard InChI is InChI=1S/C14H9Br2N3/c15-11-7-5-10(6-8-11)13-9-19(18-17-13)14-4-2-1-3-12(14)16/h1-9H. The molecule has 3 aromatic rings. The smallest absolute Gasteiger partial charge is 0.113 e. The van der Waals surface area contributed by atoms with Crippen LogP contribution in [0.5, 0.6) is 0 Å². The molecular formula is C14H9Br2N3. The van der Waals surface area contributed by atoms with Crippen molar-refractivity contribution in [3.63, 3.8) is 0 Å².